The maximum absolute atomic E-state index is 4.55. The molecule has 1 aliphatic carbocycles. The maximum Gasteiger partial charge on any atom is 0.0705 e. The minimum absolute atomic E-state index is 1.04. The van der Waals surface area contributed by atoms with E-state index in [-0.39, 0.29) is 0 Å². The van der Waals surface area contributed by atoms with Crippen LogP contribution in [0.5, 0.6) is 0 Å². The van der Waals surface area contributed by atoms with Gasteiger partial charge in [-0.15, -0.1) is 0 Å². The third-order valence-electron chi connectivity index (χ3n) is 3.56. The molecular weight excluding hydrogens is 206 g/mol. The highest BCUT2D eigenvalue weighted by molar-refractivity contribution is 5.92. The molecule has 0 N–H and O–H groups in total. The standard InChI is InChI=1S/C16H11N/c1-2-6-12-11(5-1)9-14-13-7-3-4-8-16(13)17-10-15(12)14/h1-8,10H,9H2. The number of hydrogen-bond donors (Lipinski definition) is 0. The topological polar surface area (TPSA) is 12.9 Å². The van der Waals surface area contributed by atoms with E-state index in [0.717, 1.165) is 11.9 Å². The molecule has 1 aliphatic rings. The number of benzene rings is 2. The van der Waals surface area contributed by atoms with E-state index in [1.807, 2.05) is 12.3 Å². The zero-order chi connectivity index (χ0) is 11.2. The number of hydrogen-bond acceptors (Lipinski definition) is 1. The highest BCUT2D eigenvalue weighted by atomic mass is 14.7. The molecule has 0 saturated carbocycles. The Hall–Kier alpha value is -2.15. The lowest BCUT2D eigenvalue weighted by Gasteiger charge is -2.04. The smallest absolute Gasteiger partial charge is 0.0705 e. The Balaban J connectivity index is 2.11. The molecule has 3 aromatic rings. The highest BCUT2D eigenvalue weighted by Gasteiger charge is 2.19. The molecule has 2 aromatic carbocycles. The SMILES string of the molecule is c1ccc2c(c1)Cc1c-2cnc2ccccc12. The van der Waals surface area contributed by atoms with Crippen molar-refractivity contribution in [1.29, 1.82) is 0 Å². The number of aromatic nitrogens is 1. The Kier molecular flexibility index (Phi) is 1.67. The van der Waals surface area contributed by atoms with Crippen molar-refractivity contribution in [3.8, 4) is 11.1 Å². The van der Waals surface area contributed by atoms with Gasteiger partial charge in [0.15, 0.2) is 0 Å². The number of rotatable bonds is 0. The summed E-state index contributed by atoms with van der Waals surface area (Å²) in [4.78, 5) is 4.55. The maximum atomic E-state index is 4.55. The summed E-state index contributed by atoms with van der Waals surface area (Å²) in [5, 5.41) is 1.29. The van der Waals surface area contributed by atoms with Gasteiger partial charge in [-0.25, -0.2) is 0 Å². The van der Waals surface area contributed by atoms with Gasteiger partial charge in [-0.2, -0.15) is 0 Å². The fourth-order valence-corrected chi connectivity index (χ4v) is 2.75. The van der Waals surface area contributed by atoms with E-state index in [1.54, 1.807) is 0 Å². The fourth-order valence-electron chi connectivity index (χ4n) is 2.75. The van der Waals surface area contributed by atoms with Crippen molar-refractivity contribution in [2.24, 2.45) is 0 Å². The molecule has 0 spiro atoms. The highest BCUT2D eigenvalue weighted by Crippen LogP contribution is 2.38. The third-order valence-corrected chi connectivity index (χ3v) is 3.56. The number of para-hydroxylation sites is 1. The van der Waals surface area contributed by atoms with Crippen molar-refractivity contribution in [2.75, 3.05) is 0 Å². The van der Waals surface area contributed by atoms with Crippen molar-refractivity contribution >= 4 is 10.9 Å². The quantitative estimate of drug-likeness (QED) is 0.436. The first-order chi connectivity index (χ1) is 8.43. The van der Waals surface area contributed by atoms with Crippen LogP contribution in [0.2, 0.25) is 0 Å². The largest absolute Gasteiger partial charge is 0.256 e. The average Bonchev–Trinajstić information content (AvgIpc) is 2.78. The van der Waals surface area contributed by atoms with Crippen LogP contribution >= 0.6 is 0 Å². The monoisotopic (exact) mass is 217 g/mol. The minimum Gasteiger partial charge on any atom is -0.256 e. The lowest BCUT2D eigenvalue weighted by molar-refractivity contribution is 1.27. The molecule has 0 fully saturated rings. The van der Waals surface area contributed by atoms with Gasteiger partial charge in [-0.3, -0.25) is 4.98 Å². The summed E-state index contributed by atoms with van der Waals surface area (Å²) in [7, 11) is 0. The molecule has 0 unspecified atom stereocenters. The molecule has 80 valence electrons. The van der Waals surface area contributed by atoms with Crippen LogP contribution in [0.4, 0.5) is 0 Å². The van der Waals surface area contributed by atoms with Crippen LogP contribution in [0.15, 0.2) is 54.7 Å². The van der Waals surface area contributed by atoms with Gasteiger partial charge in [-0.1, -0.05) is 42.5 Å². The minimum atomic E-state index is 1.04. The molecule has 0 radical (unpaired) electrons. The summed E-state index contributed by atoms with van der Waals surface area (Å²) < 4.78 is 0. The summed E-state index contributed by atoms with van der Waals surface area (Å²) in [6.07, 6.45) is 3.05. The summed E-state index contributed by atoms with van der Waals surface area (Å²) >= 11 is 0. The van der Waals surface area contributed by atoms with Crippen LogP contribution in [0.3, 0.4) is 0 Å². The van der Waals surface area contributed by atoms with Crippen molar-refractivity contribution in [3.63, 3.8) is 0 Å². The molecule has 4 rings (SSSR count). The molecule has 1 heteroatoms. The molecular formula is C16H11N. The molecule has 0 saturated heterocycles. The lowest BCUT2D eigenvalue weighted by Crippen LogP contribution is -1.86. The lowest BCUT2D eigenvalue weighted by atomic mass is 10.0. The first-order valence-corrected chi connectivity index (χ1v) is 5.88. The molecule has 0 aliphatic heterocycles. The van der Waals surface area contributed by atoms with Crippen molar-refractivity contribution in [1.82, 2.24) is 4.98 Å². The van der Waals surface area contributed by atoms with Crippen LogP contribution < -0.4 is 0 Å². The Bertz CT molecular complexity index is 728. The summed E-state index contributed by atoms with van der Waals surface area (Å²) in [6.45, 7) is 0. The van der Waals surface area contributed by atoms with E-state index in [9.17, 15) is 0 Å². The van der Waals surface area contributed by atoms with Gasteiger partial charge in [0.1, 0.15) is 0 Å². The average molecular weight is 217 g/mol. The van der Waals surface area contributed by atoms with Crippen LogP contribution in [-0.2, 0) is 6.42 Å². The van der Waals surface area contributed by atoms with Gasteiger partial charge in [0.05, 0.1) is 5.52 Å². The Labute approximate surface area is 99.7 Å². The van der Waals surface area contributed by atoms with Gasteiger partial charge in [0, 0.05) is 17.1 Å². The van der Waals surface area contributed by atoms with Crippen molar-refractivity contribution in [2.45, 2.75) is 6.42 Å². The van der Waals surface area contributed by atoms with Crippen LogP contribution in [0, 0.1) is 0 Å². The van der Waals surface area contributed by atoms with Crippen LogP contribution in [-0.4, -0.2) is 4.98 Å². The Morgan fingerprint density at radius 1 is 0.824 bits per heavy atom. The Morgan fingerprint density at radius 3 is 2.65 bits per heavy atom. The molecule has 1 heterocycles. The van der Waals surface area contributed by atoms with E-state index in [0.29, 0.717) is 0 Å². The fraction of sp³-hybridized carbons (Fsp3) is 0.0625. The first kappa shape index (κ1) is 8.94. The summed E-state index contributed by atoms with van der Waals surface area (Å²) in [6, 6.07) is 17.0. The number of nitrogens with zero attached hydrogens (tertiary/aromatic N) is 1. The molecule has 0 bridgehead atoms. The van der Waals surface area contributed by atoms with Crippen molar-refractivity contribution in [3.05, 3.63) is 65.9 Å². The van der Waals surface area contributed by atoms with E-state index in [1.165, 1.54) is 27.6 Å². The number of pyridine rings is 1. The van der Waals surface area contributed by atoms with Crippen LogP contribution in [0.25, 0.3) is 22.0 Å². The summed E-state index contributed by atoms with van der Waals surface area (Å²) in [5.74, 6) is 0. The van der Waals surface area contributed by atoms with Gasteiger partial charge in [0.2, 0.25) is 0 Å². The Morgan fingerprint density at radius 2 is 1.65 bits per heavy atom. The molecule has 17 heavy (non-hydrogen) atoms. The zero-order valence-corrected chi connectivity index (χ0v) is 9.35. The second-order valence-electron chi connectivity index (χ2n) is 4.50. The van der Waals surface area contributed by atoms with E-state index < -0.39 is 0 Å². The second kappa shape index (κ2) is 3.17. The molecule has 0 amide bonds. The van der Waals surface area contributed by atoms with Crippen LogP contribution in [0.1, 0.15) is 11.1 Å². The van der Waals surface area contributed by atoms with Gasteiger partial charge in [-0.05, 0) is 29.2 Å². The summed E-state index contributed by atoms with van der Waals surface area (Å²) in [5.41, 5.74) is 6.59. The van der Waals surface area contributed by atoms with E-state index in [4.69, 9.17) is 0 Å². The van der Waals surface area contributed by atoms with Gasteiger partial charge >= 0.3 is 0 Å². The van der Waals surface area contributed by atoms with Gasteiger partial charge in [0.25, 0.3) is 0 Å². The predicted octanol–water partition coefficient (Wildman–Crippen LogP) is 3.81. The van der Waals surface area contributed by atoms with E-state index >= 15 is 0 Å². The van der Waals surface area contributed by atoms with Gasteiger partial charge < -0.3 is 0 Å². The second-order valence-corrected chi connectivity index (χ2v) is 4.50. The molecule has 1 nitrogen and oxygen atoms in total. The molecule has 0 atom stereocenters. The number of fused-ring (bicyclic) bond motifs is 5. The van der Waals surface area contributed by atoms with E-state index in [2.05, 4.69) is 47.4 Å². The molecule has 1 aromatic heterocycles. The first-order valence-electron chi connectivity index (χ1n) is 5.88. The van der Waals surface area contributed by atoms with Crippen molar-refractivity contribution < 1.29 is 0 Å². The normalized spacial score (nSPS) is 12.5. The third kappa shape index (κ3) is 1.17. The zero-order valence-electron chi connectivity index (χ0n) is 9.35. The predicted molar refractivity (Wildman–Crippen MR) is 70.0 cm³/mol.